The molecule has 1 aromatic heterocycles. The Labute approximate surface area is 93.4 Å². The van der Waals surface area contributed by atoms with Crippen LogP contribution in [0.4, 0.5) is 13.2 Å². The third kappa shape index (κ3) is 2.57. The fraction of sp³-hybridized carbons (Fsp3) is 0.200. The second kappa shape index (κ2) is 5.07. The monoisotopic (exact) mass is 248 g/mol. The van der Waals surface area contributed by atoms with E-state index in [-0.39, 0.29) is 4.88 Å². The van der Waals surface area contributed by atoms with Gasteiger partial charge in [-0.05, 0) is 12.1 Å². The first-order valence-corrected chi connectivity index (χ1v) is 5.01. The minimum Gasteiger partial charge on any atom is -0.289 e. The third-order valence-electron chi connectivity index (χ3n) is 1.77. The smallest absolute Gasteiger partial charge is 0.289 e. The Hall–Kier alpha value is -1.43. The van der Waals surface area contributed by atoms with Crippen LogP contribution in [0.5, 0.6) is 0 Å². The maximum atomic E-state index is 13.0. The van der Waals surface area contributed by atoms with Gasteiger partial charge in [-0.15, -0.1) is 11.3 Å². The SMILES string of the molecule is C=Cc1ccc(C(=O)C(F)C(=O)C(F)F)s1. The highest BCUT2D eigenvalue weighted by molar-refractivity contribution is 7.15. The van der Waals surface area contributed by atoms with Gasteiger partial charge in [-0.1, -0.05) is 12.7 Å². The lowest BCUT2D eigenvalue weighted by atomic mass is 10.1. The van der Waals surface area contributed by atoms with Crippen molar-refractivity contribution in [1.82, 2.24) is 0 Å². The molecule has 0 bridgehead atoms. The molecule has 0 saturated heterocycles. The van der Waals surface area contributed by atoms with E-state index in [0.29, 0.717) is 4.88 Å². The van der Waals surface area contributed by atoms with E-state index in [1.807, 2.05) is 0 Å². The molecule has 1 rings (SSSR count). The van der Waals surface area contributed by atoms with Gasteiger partial charge in [0.15, 0.2) is 0 Å². The van der Waals surface area contributed by atoms with Crippen LogP contribution in [0.2, 0.25) is 0 Å². The Morgan fingerprint density at radius 2 is 1.94 bits per heavy atom. The number of alkyl halides is 3. The van der Waals surface area contributed by atoms with Crippen LogP contribution in [0, 0.1) is 0 Å². The number of Topliss-reactive ketones (excluding diaryl/α,β-unsaturated/α-hetero) is 2. The topological polar surface area (TPSA) is 34.1 Å². The summed E-state index contributed by atoms with van der Waals surface area (Å²) in [5, 5.41) is 0. The van der Waals surface area contributed by atoms with Gasteiger partial charge in [0.1, 0.15) is 0 Å². The molecule has 0 N–H and O–H groups in total. The van der Waals surface area contributed by atoms with Crippen LogP contribution >= 0.6 is 11.3 Å². The van der Waals surface area contributed by atoms with Crippen molar-refractivity contribution < 1.29 is 22.8 Å². The summed E-state index contributed by atoms with van der Waals surface area (Å²) in [5.74, 6) is -3.23. The maximum absolute atomic E-state index is 13.0. The van der Waals surface area contributed by atoms with Crippen LogP contribution in [0.3, 0.4) is 0 Å². The average Bonchev–Trinajstić information content (AvgIpc) is 2.74. The van der Waals surface area contributed by atoms with Crippen molar-refractivity contribution in [3.8, 4) is 0 Å². The molecule has 0 spiro atoms. The van der Waals surface area contributed by atoms with Crippen molar-refractivity contribution in [3.05, 3.63) is 28.5 Å². The Kier molecular flexibility index (Phi) is 4.00. The second-order valence-electron chi connectivity index (χ2n) is 2.84. The van der Waals surface area contributed by atoms with Crippen molar-refractivity contribution in [2.75, 3.05) is 0 Å². The fourth-order valence-corrected chi connectivity index (χ4v) is 1.77. The van der Waals surface area contributed by atoms with E-state index in [9.17, 15) is 22.8 Å². The molecule has 1 aromatic rings. The summed E-state index contributed by atoms with van der Waals surface area (Å²) in [5.41, 5.74) is 0. The second-order valence-corrected chi connectivity index (χ2v) is 3.95. The van der Waals surface area contributed by atoms with Crippen LogP contribution in [0.15, 0.2) is 18.7 Å². The Morgan fingerprint density at radius 3 is 2.38 bits per heavy atom. The number of rotatable bonds is 5. The van der Waals surface area contributed by atoms with Crippen molar-refractivity contribution in [2.45, 2.75) is 12.6 Å². The number of hydrogen-bond acceptors (Lipinski definition) is 3. The molecule has 2 nitrogen and oxygen atoms in total. The molecule has 0 aliphatic rings. The predicted molar refractivity (Wildman–Crippen MR) is 54.6 cm³/mol. The lowest BCUT2D eigenvalue weighted by Gasteiger charge is -2.03. The lowest BCUT2D eigenvalue weighted by Crippen LogP contribution is -2.30. The van der Waals surface area contributed by atoms with Gasteiger partial charge in [0.25, 0.3) is 6.43 Å². The summed E-state index contributed by atoms with van der Waals surface area (Å²) < 4.78 is 36.8. The van der Waals surface area contributed by atoms with Crippen LogP contribution in [-0.4, -0.2) is 24.2 Å². The molecule has 1 unspecified atom stereocenters. The molecule has 1 atom stereocenters. The molecule has 0 aromatic carbocycles. The van der Waals surface area contributed by atoms with E-state index < -0.39 is 24.2 Å². The first-order chi connectivity index (χ1) is 7.47. The van der Waals surface area contributed by atoms with E-state index in [4.69, 9.17) is 0 Å². The summed E-state index contributed by atoms with van der Waals surface area (Å²) in [7, 11) is 0. The van der Waals surface area contributed by atoms with E-state index in [1.54, 1.807) is 0 Å². The molecule has 0 saturated carbocycles. The maximum Gasteiger partial charge on any atom is 0.299 e. The minimum absolute atomic E-state index is 0.0728. The number of ketones is 2. The van der Waals surface area contributed by atoms with E-state index in [2.05, 4.69) is 6.58 Å². The zero-order valence-electron chi connectivity index (χ0n) is 7.95. The molecule has 1 heterocycles. The van der Waals surface area contributed by atoms with Gasteiger partial charge in [-0.2, -0.15) is 0 Å². The van der Waals surface area contributed by atoms with Crippen molar-refractivity contribution in [2.24, 2.45) is 0 Å². The van der Waals surface area contributed by atoms with E-state index >= 15 is 0 Å². The van der Waals surface area contributed by atoms with E-state index in [0.717, 1.165) is 11.3 Å². The fourth-order valence-electron chi connectivity index (χ4n) is 0.960. The first-order valence-electron chi connectivity index (χ1n) is 4.19. The minimum atomic E-state index is -3.47. The molecular weight excluding hydrogens is 241 g/mol. The highest BCUT2D eigenvalue weighted by atomic mass is 32.1. The lowest BCUT2D eigenvalue weighted by molar-refractivity contribution is -0.132. The highest BCUT2D eigenvalue weighted by Crippen LogP contribution is 2.20. The molecule has 0 fully saturated rings. The summed E-state index contributed by atoms with van der Waals surface area (Å²) >= 11 is 0.894. The molecule has 16 heavy (non-hydrogen) atoms. The van der Waals surface area contributed by atoms with Crippen LogP contribution in [-0.2, 0) is 4.79 Å². The molecule has 0 aliphatic heterocycles. The zero-order valence-corrected chi connectivity index (χ0v) is 8.77. The van der Waals surface area contributed by atoms with Gasteiger partial charge in [-0.3, -0.25) is 9.59 Å². The van der Waals surface area contributed by atoms with Gasteiger partial charge in [0.2, 0.25) is 17.7 Å². The van der Waals surface area contributed by atoms with Gasteiger partial charge in [0, 0.05) is 4.88 Å². The number of carbonyl (C=O) groups is 2. The third-order valence-corrected chi connectivity index (χ3v) is 2.86. The molecule has 0 amide bonds. The number of thiophene rings is 1. The van der Waals surface area contributed by atoms with Gasteiger partial charge >= 0.3 is 0 Å². The summed E-state index contributed by atoms with van der Waals surface area (Å²) in [4.78, 5) is 22.4. The number of halogens is 3. The van der Waals surface area contributed by atoms with Gasteiger partial charge in [0.05, 0.1) is 4.88 Å². The normalized spacial score (nSPS) is 12.5. The first kappa shape index (κ1) is 12.6. The molecular formula is C10H7F3O2S. The number of carbonyl (C=O) groups excluding carboxylic acids is 2. The Bertz CT molecular complexity index is 425. The van der Waals surface area contributed by atoms with Crippen LogP contribution < -0.4 is 0 Å². The summed E-state index contributed by atoms with van der Waals surface area (Å²) in [6.45, 7) is 3.43. The van der Waals surface area contributed by atoms with Crippen LogP contribution in [0.1, 0.15) is 14.5 Å². The van der Waals surface area contributed by atoms with E-state index in [1.165, 1.54) is 18.2 Å². The highest BCUT2D eigenvalue weighted by Gasteiger charge is 2.33. The zero-order chi connectivity index (χ0) is 12.3. The van der Waals surface area contributed by atoms with Crippen LogP contribution in [0.25, 0.3) is 6.08 Å². The van der Waals surface area contributed by atoms with Gasteiger partial charge in [-0.25, -0.2) is 13.2 Å². The Morgan fingerprint density at radius 1 is 1.31 bits per heavy atom. The average molecular weight is 248 g/mol. The Balaban J connectivity index is 2.85. The standard InChI is InChI=1S/C10H7F3O2S/c1-2-5-3-4-6(16-5)8(14)7(11)9(15)10(12)13/h2-4,7,10H,1H2. The van der Waals surface area contributed by atoms with Crippen molar-refractivity contribution in [1.29, 1.82) is 0 Å². The summed E-state index contributed by atoms with van der Waals surface area (Å²) in [6.07, 6.45) is -4.84. The van der Waals surface area contributed by atoms with Crippen molar-refractivity contribution in [3.63, 3.8) is 0 Å². The predicted octanol–water partition coefficient (Wildman–Crippen LogP) is 2.75. The van der Waals surface area contributed by atoms with Crippen molar-refractivity contribution >= 4 is 29.0 Å². The molecule has 86 valence electrons. The quantitative estimate of drug-likeness (QED) is 0.593. The van der Waals surface area contributed by atoms with Gasteiger partial charge < -0.3 is 0 Å². The summed E-state index contributed by atoms with van der Waals surface area (Å²) in [6, 6.07) is 2.76. The largest absolute Gasteiger partial charge is 0.299 e. The molecule has 6 heteroatoms. The molecule has 0 radical (unpaired) electrons. The molecule has 0 aliphatic carbocycles. The number of hydrogen-bond donors (Lipinski definition) is 0.